The second-order valence-electron chi connectivity index (χ2n) is 8.97. The third-order valence-corrected chi connectivity index (χ3v) is 5.84. The molecule has 6 nitrogen and oxygen atoms in total. The van der Waals surface area contributed by atoms with E-state index >= 15 is 0 Å². The summed E-state index contributed by atoms with van der Waals surface area (Å²) in [5.74, 6) is 0.670. The molecule has 2 heterocycles. The second kappa shape index (κ2) is 7.69. The van der Waals surface area contributed by atoms with Crippen LogP contribution in [0.2, 0.25) is 5.28 Å². The van der Waals surface area contributed by atoms with E-state index in [0.29, 0.717) is 13.1 Å². The van der Waals surface area contributed by atoms with Crippen molar-refractivity contribution in [2.75, 3.05) is 25.0 Å². The molecule has 0 bridgehead atoms. The third-order valence-electron chi connectivity index (χ3n) is 5.67. The maximum absolute atomic E-state index is 13.3. The van der Waals surface area contributed by atoms with Crippen LogP contribution in [-0.4, -0.2) is 52.7 Å². The van der Waals surface area contributed by atoms with Crippen molar-refractivity contribution in [2.45, 2.75) is 51.2 Å². The van der Waals surface area contributed by atoms with E-state index in [-0.39, 0.29) is 29.2 Å². The number of halogens is 2. The molecule has 1 aromatic heterocycles. The van der Waals surface area contributed by atoms with Crippen molar-refractivity contribution in [1.82, 2.24) is 14.9 Å². The molecule has 1 amide bonds. The van der Waals surface area contributed by atoms with E-state index < -0.39 is 5.60 Å². The van der Waals surface area contributed by atoms with Crippen LogP contribution in [0.1, 0.15) is 49.9 Å². The zero-order valence-corrected chi connectivity index (χ0v) is 18.4. The highest BCUT2D eigenvalue weighted by Crippen LogP contribution is 2.42. The summed E-state index contributed by atoms with van der Waals surface area (Å²) in [4.78, 5) is 25.1. The van der Waals surface area contributed by atoms with E-state index in [1.54, 1.807) is 24.1 Å². The Labute approximate surface area is 181 Å². The standard InChI is InChI=1S/C22H26ClFN4O2/c1-22(2,3)30-21(29)27(4)15-11-28(12-15)19-17-10-9-16(18(17)25-20(23)26-19)13-5-7-14(24)8-6-13/h5-8,15-16H,9-12H2,1-4H3. The van der Waals surface area contributed by atoms with Gasteiger partial charge < -0.3 is 14.5 Å². The highest BCUT2D eigenvalue weighted by atomic mass is 35.5. The number of fused-ring (bicyclic) bond motifs is 1. The zero-order chi connectivity index (χ0) is 21.6. The normalized spacial score (nSPS) is 18.7. The molecule has 1 saturated heterocycles. The van der Waals surface area contributed by atoms with Crippen molar-refractivity contribution < 1.29 is 13.9 Å². The third kappa shape index (κ3) is 4.08. The van der Waals surface area contributed by atoms with E-state index in [1.165, 1.54) is 12.1 Å². The average Bonchev–Trinajstić information content (AvgIpc) is 3.03. The minimum absolute atomic E-state index is 0.0542. The molecule has 1 aromatic carbocycles. The van der Waals surface area contributed by atoms with Gasteiger partial charge in [-0.2, -0.15) is 0 Å². The topological polar surface area (TPSA) is 58.6 Å². The summed E-state index contributed by atoms with van der Waals surface area (Å²) in [7, 11) is 1.76. The van der Waals surface area contributed by atoms with Crippen molar-refractivity contribution in [3.63, 3.8) is 0 Å². The van der Waals surface area contributed by atoms with E-state index in [0.717, 1.165) is 35.5 Å². The van der Waals surface area contributed by atoms with E-state index in [9.17, 15) is 9.18 Å². The van der Waals surface area contributed by atoms with Crippen LogP contribution >= 0.6 is 11.6 Å². The Morgan fingerprint density at radius 1 is 1.23 bits per heavy atom. The number of rotatable bonds is 3. The number of carbonyl (C=O) groups excluding carboxylic acids is 1. The Bertz CT molecular complexity index is 955. The van der Waals surface area contributed by atoms with Crippen molar-refractivity contribution in [1.29, 1.82) is 0 Å². The average molecular weight is 433 g/mol. The van der Waals surface area contributed by atoms with Crippen molar-refractivity contribution in [3.8, 4) is 0 Å². The molecule has 30 heavy (non-hydrogen) atoms. The van der Waals surface area contributed by atoms with E-state index in [1.807, 2.05) is 20.8 Å². The summed E-state index contributed by atoms with van der Waals surface area (Å²) >= 11 is 6.26. The highest BCUT2D eigenvalue weighted by Gasteiger charge is 2.38. The van der Waals surface area contributed by atoms with Gasteiger partial charge in [0.25, 0.3) is 0 Å². The number of carbonyl (C=O) groups is 1. The Morgan fingerprint density at radius 3 is 2.53 bits per heavy atom. The van der Waals surface area contributed by atoms with Gasteiger partial charge in [0.05, 0.1) is 11.7 Å². The number of aromatic nitrogens is 2. The molecule has 4 rings (SSSR count). The molecule has 2 aromatic rings. The summed E-state index contributed by atoms with van der Waals surface area (Å²) in [5, 5.41) is 0.210. The Hall–Kier alpha value is -2.41. The summed E-state index contributed by atoms with van der Waals surface area (Å²) in [6.45, 7) is 6.90. The van der Waals surface area contributed by atoms with Crippen LogP contribution in [0.4, 0.5) is 15.0 Å². The molecule has 0 N–H and O–H groups in total. The quantitative estimate of drug-likeness (QED) is 0.672. The predicted octanol–water partition coefficient (Wildman–Crippen LogP) is 4.40. The maximum Gasteiger partial charge on any atom is 0.410 e. The number of likely N-dealkylation sites (N-methyl/N-ethyl adjacent to an activating group) is 1. The largest absolute Gasteiger partial charge is 0.444 e. The predicted molar refractivity (Wildman–Crippen MR) is 114 cm³/mol. The Morgan fingerprint density at radius 2 is 1.90 bits per heavy atom. The molecule has 1 fully saturated rings. The molecule has 1 aliphatic heterocycles. The Balaban J connectivity index is 1.50. The molecule has 8 heteroatoms. The van der Waals surface area contributed by atoms with Crippen LogP contribution in [0.15, 0.2) is 24.3 Å². The fourth-order valence-corrected chi connectivity index (χ4v) is 4.22. The summed E-state index contributed by atoms with van der Waals surface area (Å²) < 4.78 is 18.8. The lowest BCUT2D eigenvalue weighted by atomic mass is 9.96. The van der Waals surface area contributed by atoms with Crippen LogP contribution in [-0.2, 0) is 11.2 Å². The lowest BCUT2D eigenvalue weighted by Crippen LogP contribution is -2.60. The van der Waals surface area contributed by atoms with Gasteiger partial charge in [0.1, 0.15) is 17.2 Å². The molecule has 1 aliphatic carbocycles. The number of benzene rings is 1. The number of hydrogen-bond donors (Lipinski definition) is 0. The number of amides is 1. The molecular weight excluding hydrogens is 407 g/mol. The molecule has 1 atom stereocenters. The first-order valence-corrected chi connectivity index (χ1v) is 10.5. The smallest absolute Gasteiger partial charge is 0.410 e. The van der Waals surface area contributed by atoms with E-state index in [2.05, 4.69) is 14.9 Å². The van der Waals surface area contributed by atoms with Gasteiger partial charge in [-0.3, -0.25) is 0 Å². The molecule has 2 aliphatic rings. The summed E-state index contributed by atoms with van der Waals surface area (Å²) in [5.41, 5.74) is 2.51. The van der Waals surface area contributed by atoms with Gasteiger partial charge >= 0.3 is 6.09 Å². The van der Waals surface area contributed by atoms with Crippen molar-refractivity contribution >= 4 is 23.5 Å². The molecule has 1 unspecified atom stereocenters. The first-order valence-electron chi connectivity index (χ1n) is 10.1. The first-order chi connectivity index (χ1) is 14.1. The van der Waals surface area contributed by atoms with Crippen LogP contribution in [0.3, 0.4) is 0 Å². The first kappa shape index (κ1) is 20.8. The molecule has 0 spiro atoms. The number of anilines is 1. The number of nitrogens with zero attached hydrogens (tertiary/aromatic N) is 4. The van der Waals surface area contributed by atoms with Gasteiger partial charge in [-0.05, 0) is 62.9 Å². The van der Waals surface area contributed by atoms with Gasteiger partial charge in [-0.15, -0.1) is 0 Å². The van der Waals surface area contributed by atoms with Crippen LogP contribution in [0, 0.1) is 5.82 Å². The lowest BCUT2D eigenvalue weighted by Gasteiger charge is -2.45. The fourth-order valence-electron chi connectivity index (χ4n) is 4.05. The number of ether oxygens (including phenoxy) is 1. The SMILES string of the molecule is CN(C(=O)OC(C)(C)C)C1CN(c2nc(Cl)nc3c2CCC3c2ccc(F)cc2)C1. The van der Waals surface area contributed by atoms with Gasteiger partial charge in [-0.25, -0.2) is 19.2 Å². The minimum atomic E-state index is -0.523. The monoisotopic (exact) mass is 432 g/mol. The summed E-state index contributed by atoms with van der Waals surface area (Å²) in [6.07, 6.45) is 1.40. The van der Waals surface area contributed by atoms with Crippen LogP contribution in [0.5, 0.6) is 0 Å². The lowest BCUT2D eigenvalue weighted by molar-refractivity contribution is 0.0196. The fraction of sp³-hybridized carbons (Fsp3) is 0.500. The molecule has 0 saturated carbocycles. The summed E-state index contributed by atoms with van der Waals surface area (Å²) in [6, 6.07) is 6.62. The van der Waals surface area contributed by atoms with Gasteiger partial charge in [0.2, 0.25) is 5.28 Å². The minimum Gasteiger partial charge on any atom is -0.444 e. The zero-order valence-electron chi connectivity index (χ0n) is 17.7. The highest BCUT2D eigenvalue weighted by molar-refractivity contribution is 6.28. The van der Waals surface area contributed by atoms with Crippen LogP contribution in [0.25, 0.3) is 0 Å². The van der Waals surface area contributed by atoms with E-state index in [4.69, 9.17) is 16.3 Å². The molecule has 160 valence electrons. The van der Waals surface area contributed by atoms with Crippen molar-refractivity contribution in [2.24, 2.45) is 0 Å². The van der Waals surface area contributed by atoms with Crippen LogP contribution < -0.4 is 4.90 Å². The van der Waals surface area contributed by atoms with Crippen molar-refractivity contribution in [3.05, 3.63) is 52.2 Å². The van der Waals surface area contributed by atoms with Gasteiger partial charge in [-0.1, -0.05) is 12.1 Å². The van der Waals surface area contributed by atoms with Gasteiger partial charge in [0, 0.05) is 31.6 Å². The Kier molecular flexibility index (Phi) is 5.34. The van der Waals surface area contributed by atoms with Gasteiger partial charge in [0.15, 0.2) is 0 Å². The maximum atomic E-state index is 13.3. The number of hydrogen-bond acceptors (Lipinski definition) is 5. The second-order valence-corrected chi connectivity index (χ2v) is 9.31. The molecular formula is C22H26ClFN4O2. The molecule has 0 radical (unpaired) electrons.